The van der Waals surface area contributed by atoms with Gasteiger partial charge in [-0.05, 0) is 0 Å². The van der Waals surface area contributed by atoms with Crippen LogP contribution in [0.2, 0.25) is 0 Å². The molecule has 0 aliphatic rings. The van der Waals surface area contributed by atoms with Gasteiger partial charge in [-0.2, -0.15) is 0 Å². The maximum Gasteiger partial charge on any atom is 0 e. The Kier molecular flexibility index (Phi) is 22.5. The minimum absolute atomic E-state index is 0. The Balaban J connectivity index is -0.000000245. The smallest absolute Gasteiger partial charge is 0 e. The second kappa shape index (κ2) is 12.9. The summed E-state index contributed by atoms with van der Waals surface area (Å²) in [6, 6.07) is 0. The first-order valence-corrected chi connectivity index (χ1v) is 3.45. The molecule has 64 valence electrons. The SMILES string of the molecule is CCCC[C@H](C)C[NH-].[CH3-].[Sm]. The van der Waals surface area contributed by atoms with Crippen LogP contribution in [0.15, 0.2) is 0 Å². The Morgan fingerprint density at radius 2 is 1.90 bits per heavy atom. The number of hydrogen-bond donors (Lipinski definition) is 0. The molecular formula is C8H19NSm-2. The third kappa shape index (κ3) is 12.0. The average Bonchev–Trinajstić information content (AvgIpc) is 1.83. The van der Waals surface area contributed by atoms with E-state index in [0.717, 1.165) is 0 Å². The van der Waals surface area contributed by atoms with E-state index in [1.54, 1.807) is 0 Å². The summed E-state index contributed by atoms with van der Waals surface area (Å²) < 4.78 is 0. The van der Waals surface area contributed by atoms with E-state index >= 15 is 0 Å². The second-order valence-electron chi connectivity index (χ2n) is 2.45. The topological polar surface area (TPSA) is 23.8 Å². The van der Waals surface area contributed by atoms with Crippen LogP contribution in [-0.2, 0) is 0 Å². The van der Waals surface area contributed by atoms with E-state index in [4.69, 9.17) is 5.73 Å². The van der Waals surface area contributed by atoms with E-state index in [-0.39, 0.29) is 47.8 Å². The molecule has 0 aliphatic heterocycles. The fraction of sp³-hybridized carbons (Fsp3) is 0.875. The van der Waals surface area contributed by atoms with Crippen LogP contribution in [0.5, 0.6) is 0 Å². The molecule has 0 amide bonds. The minimum Gasteiger partial charge on any atom is -0.677 e. The Bertz CT molecular complexity index is 48.5. The summed E-state index contributed by atoms with van der Waals surface area (Å²) in [5.74, 6) is 0.620. The van der Waals surface area contributed by atoms with Gasteiger partial charge < -0.3 is 13.2 Å². The molecule has 0 radical (unpaired) electrons. The Hall–Kier alpha value is 1.30. The summed E-state index contributed by atoms with van der Waals surface area (Å²) in [7, 11) is 0. The number of nitrogens with one attached hydrogen (secondary N) is 1. The first-order chi connectivity index (χ1) is 3.81. The molecule has 2 heteroatoms. The van der Waals surface area contributed by atoms with Crippen LogP contribution < -0.4 is 0 Å². The van der Waals surface area contributed by atoms with Gasteiger partial charge >= 0.3 is 0 Å². The van der Waals surface area contributed by atoms with Gasteiger partial charge in [-0.3, -0.25) is 0 Å². The van der Waals surface area contributed by atoms with Crippen molar-refractivity contribution in [3.05, 3.63) is 13.2 Å². The molecule has 10 heavy (non-hydrogen) atoms. The fourth-order valence-corrected chi connectivity index (χ4v) is 0.655. The van der Waals surface area contributed by atoms with E-state index in [1.807, 2.05) is 0 Å². The maximum absolute atomic E-state index is 6.99. The molecule has 0 saturated carbocycles. The minimum atomic E-state index is 0. The Morgan fingerprint density at radius 1 is 1.40 bits per heavy atom. The first-order valence-electron chi connectivity index (χ1n) is 3.45. The van der Waals surface area contributed by atoms with Crippen LogP contribution in [0.25, 0.3) is 5.73 Å². The van der Waals surface area contributed by atoms with Crippen molar-refractivity contribution in [1.82, 2.24) is 0 Å². The van der Waals surface area contributed by atoms with E-state index in [1.165, 1.54) is 19.3 Å². The average molecular weight is 280 g/mol. The summed E-state index contributed by atoms with van der Waals surface area (Å²) in [5.41, 5.74) is 6.99. The van der Waals surface area contributed by atoms with E-state index in [0.29, 0.717) is 12.5 Å². The molecule has 0 aromatic carbocycles. The Labute approximate surface area is 98.2 Å². The molecule has 0 aromatic heterocycles. The van der Waals surface area contributed by atoms with Crippen molar-refractivity contribution < 1.29 is 40.4 Å². The zero-order chi connectivity index (χ0) is 6.41. The molecule has 0 aromatic rings. The van der Waals surface area contributed by atoms with Gasteiger partial charge in [-0.15, -0.1) is 6.54 Å². The third-order valence-corrected chi connectivity index (χ3v) is 1.40. The molecule has 1 nitrogen and oxygen atoms in total. The van der Waals surface area contributed by atoms with Gasteiger partial charge in [0.05, 0.1) is 0 Å². The zero-order valence-corrected chi connectivity index (χ0v) is 9.93. The first kappa shape index (κ1) is 17.4. The predicted molar refractivity (Wildman–Crippen MR) is 44.3 cm³/mol. The molecule has 1 atom stereocenters. The van der Waals surface area contributed by atoms with E-state index in [9.17, 15) is 0 Å². The zero-order valence-electron chi connectivity index (χ0n) is 7.31. The molecule has 0 rings (SSSR count). The summed E-state index contributed by atoms with van der Waals surface area (Å²) in [6.07, 6.45) is 3.80. The van der Waals surface area contributed by atoms with Gasteiger partial charge in [0.2, 0.25) is 0 Å². The normalized spacial score (nSPS) is 11.1. The fourth-order valence-electron chi connectivity index (χ4n) is 0.655. The van der Waals surface area contributed by atoms with Crippen LogP contribution in [0.3, 0.4) is 0 Å². The predicted octanol–water partition coefficient (Wildman–Crippen LogP) is 3.32. The summed E-state index contributed by atoms with van der Waals surface area (Å²) in [6.45, 7) is 4.93. The van der Waals surface area contributed by atoms with Crippen molar-refractivity contribution >= 4 is 0 Å². The van der Waals surface area contributed by atoms with E-state index in [2.05, 4.69) is 13.8 Å². The molecule has 0 heterocycles. The van der Waals surface area contributed by atoms with Gasteiger partial charge in [0, 0.05) is 40.4 Å². The number of rotatable bonds is 4. The molecule has 0 saturated heterocycles. The molecule has 1 N–H and O–H groups in total. The summed E-state index contributed by atoms with van der Waals surface area (Å²) in [5, 5.41) is 0. The second-order valence-corrected chi connectivity index (χ2v) is 2.45. The van der Waals surface area contributed by atoms with Crippen molar-refractivity contribution in [3.63, 3.8) is 0 Å². The third-order valence-electron chi connectivity index (χ3n) is 1.40. The van der Waals surface area contributed by atoms with Crippen molar-refractivity contribution in [3.8, 4) is 0 Å². The van der Waals surface area contributed by atoms with Crippen molar-refractivity contribution in [1.29, 1.82) is 0 Å². The van der Waals surface area contributed by atoms with Crippen molar-refractivity contribution in [2.75, 3.05) is 6.54 Å². The Morgan fingerprint density at radius 3 is 2.20 bits per heavy atom. The van der Waals surface area contributed by atoms with Gasteiger partial charge in [0.15, 0.2) is 0 Å². The van der Waals surface area contributed by atoms with Crippen LogP contribution in [-0.4, -0.2) is 6.54 Å². The van der Waals surface area contributed by atoms with Crippen LogP contribution in [0, 0.1) is 53.7 Å². The molecule has 0 fully saturated rings. The monoisotopic (exact) mass is 281 g/mol. The van der Waals surface area contributed by atoms with Gasteiger partial charge in [-0.1, -0.05) is 39.0 Å². The number of hydrogen-bond acceptors (Lipinski definition) is 0. The molecule has 0 aliphatic carbocycles. The summed E-state index contributed by atoms with van der Waals surface area (Å²) in [4.78, 5) is 0. The van der Waals surface area contributed by atoms with Gasteiger partial charge in [0.25, 0.3) is 0 Å². The molecule has 0 spiro atoms. The van der Waals surface area contributed by atoms with E-state index < -0.39 is 0 Å². The van der Waals surface area contributed by atoms with Crippen molar-refractivity contribution in [2.45, 2.75) is 33.1 Å². The van der Waals surface area contributed by atoms with Crippen LogP contribution >= 0.6 is 0 Å². The van der Waals surface area contributed by atoms with Crippen LogP contribution in [0.4, 0.5) is 0 Å². The van der Waals surface area contributed by atoms with Gasteiger partial charge in [-0.25, -0.2) is 0 Å². The quantitative estimate of drug-likeness (QED) is 0.705. The molecular weight excluding hydrogens is 260 g/mol. The number of unbranched alkanes of at least 4 members (excludes halogenated alkanes) is 1. The standard InChI is InChI=1S/C7H16N.CH3.Sm/c1-3-4-5-7(2)6-8;;/h7-8H,3-6H2,1-2H3;1H3;/q2*-1;/t7-;;/m0../s1. The summed E-state index contributed by atoms with van der Waals surface area (Å²) >= 11 is 0. The largest absolute Gasteiger partial charge is 0.677 e. The van der Waals surface area contributed by atoms with Crippen LogP contribution in [0.1, 0.15) is 33.1 Å². The molecule has 0 unspecified atom stereocenters. The maximum atomic E-state index is 6.99. The van der Waals surface area contributed by atoms with Crippen molar-refractivity contribution in [2.24, 2.45) is 5.92 Å². The van der Waals surface area contributed by atoms with Gasteiger partial charge in [0.1, 0.15) is 0 Å². The molecule has 0 bridgehead atoms.